The number of aromatic nitrogens is 3. The van der Waals surface area contributed by atoms with Gasteiger partial charge in [-0.2, -0.15) is 10.4 Å². The van der Waals surface area contributed by atoms with Crippen LogP contribution in [-0.4, -0.2) is 46.3 Å². The summed E-state index contributed by atoms with van der Waals surface area (Å²) in [7, 11) is 1.52. The van der Waals surface area contributed by atoms with Crippen LogP contribution in [-0.2, 0) is 11.3 Å². The number of nitriles is 1. The average Bonchev–Trinajstić information content (AvgIpc) is 3.10. The zero-order valence-corrected chi connectivity index (χ0v) is 16.4. The smallest absolute Gasteiger partial charge is 0.275 e. The number of hydrogen-bond donors (Lipinski definition) is 1. The molecule has 2 aromatic heterocycles. The zero-order chi connectivity index (χ0) is 22.0. The van der Waals surface area contributed by atoms with E-state index in [4.69, 9.17) is 10.00 Å². The number of halogens is 1. The molecule has 9 nitrogen and oxygen atoms in total. The number of anilines is 1. The van der Waals surface area contributed by atoms with Gasteiger partial charge in [0.15, 0.2) is 23.1 Å². The maximum absolute atomic E-state index is 14.4. The topological polar surface area (TPSA) is 113 Å². The Bertz CT molecular complexity index is 1200. The number of amides is 2. The number of fused-ring (bicyclic) bond motifs is 1. The Balaban J connectivity index is 1.49. The molecule has 3 heterocycles. The van der Waals surface area contributed by atoms with Crippen molar-refractivity contribution in [3.8, 4) is 11.8 Å². The van der Waals surface area contributed by atoms with Crippen LogP contribution in [0.15, 0.2) is 48.8 Å². The van der Waals surface area contributed by atoms with Gasteiger partial charge < -0.3 is 10.1 Å². The Labute approximate surface area is 176 Å². The number of carbonyl (C=O) groups is 2. The summed E-state index contributed by atoms with van der Waals surface area (Å²) in [6.07, 6.45) is 2.62. The number of hydrogen-bond acceptors (Lipinski definition) is 6. The molecule has 1 aliphatic heterocycles. The molecule has 10 heteroatoms. The number of nitrogens with one attached hydrogen (secondary N) is 1. The van der Waals surface area contributed by atoms with E-state index in [0.717, 1.165) is 11.8 Å². The van der Waals surface area contributed by atoms with Crippen LogP contribution in [0.1, 0.15) is 21.6 Å². The highest BCUT2D eigenvalue weighted by molar-refractivity contribution is 6.02. The van der Waals surface area contributed by atoms with Gasteiger partial charge in [-0.3, -0.25) is 19.2 Å². The summed E-state index contributed by atoms with van der Waals surface area (Å²) in [6.45, 7) is 0.0474. The maximum Gasteiger partial charge on any atom is 0.275 e. The van der Waals surface area contributed by atoms with Crippen LogP contribution >= 0.6 is 0 Å². The van der Waals surface area contributed by atoms with Crippen LogP contribution in [0, 0.1) is 17.1 Å². The molecular formula is C21H17FN6O3. The summed E-state index contributed by atoms with van der Waals surface area (Å²) < 4.78 is 21.3. The van der Waals surface area contributed by atoms with E-state index < -0.39 is 29.4 Å². The van der Waals surface area contributed by atoms with Gasteiger partial charge in [0.1, 0.15) is 12.6 Å². The van der Waals surface area contributed by atoms with Gasteiger partial charge in [-0.25, -0.2) is 9.37 Å². The fourth-order valence-corrected chi connectivity index (χ4v) is 3.22. The van der Waals surface area contributed by atoms with Crippen LogP contribution < -0.4 is 15.0 Å². The minimum atomic E-state index is -1.04. The van der Waals surface area contributed by atoms with Crippen molar-refractivity contribution >= 4 is 17.6 Å². The summed E-state index contributed by atoms with van der Waals surface area (Å²) in [6, 6.07) is 11.1. The van der Waals surface area contributed by atoms with Crippen LogP contribution in [0.5, 0.6) is 5.75 Å². The molecule has 1 aliphatic rings. The molecule has 0 fully saturated rings. The third-order valence-electron chi connectivity index (χ3n) is 4.74. The van der Waals surface area contributed by atoms with Crippen LogP contribution in [0.25, 0.3) is 0 Å². The van der Waals surface area contributed by atoms with Crippen molar-refractivity contribution in [1.82, 2.24) is 20.1 Å². The Hall–Kier alpha value is -4.26. The van der Waals surface area contributed by atoms with Gasteiger partial charge in [-0.05, 0) is 29.8 Å². The number of nitrogens with zero attached hydrogens (tertiary/aromatic N) is 5. The molecule has 1 unspecified atom stereocenters. The van der Waals surface area contributed by atoms with Gasteiger partial charge in [-0.15, -0.1) is 0 Å². The van der Waals surface area contributed by atoms with E-state index >= 15 is 0 Å². The normalized spacial score (nSPS) is 15.5. The van der Waals surface area contributed by atoms with Crippen molar-refractivity contribution in [3.63, 3.8) is 0 Å². The maximum atomic E-state index is 14.4. The SMILES string of the molecule is CN1C(=O)C(NC(=O)c2nn(Cc3cccc(C#N)c3)cc2F)COc2cccnc21. The number of benzene rings is 1. The quantitative estimate of drug-likeness (QED) is 0.684. The summed E-state index contributed by atoms with van der Waals surface area (Å²) in [5, 5.41) is 15.5. The molecule has 0 radical (unpaired) electrons. The van der Waals surface area contributed by atoms with Crippen molar-refractivity contribution < 1.29 is 18.7 Å². The monoisotopic (exact) mass is 420 g/mol. The van der Waals surface area contributed by atoms with Crippen molar-refractivity contribution in [2.75, 3.05) is 18.6 Å². The molecule has 0 saturated carbocycles. The van der Waals surface area contributed by atoms with E-state index in [-0.39, 0.29) is 13.2 Å². The largest absolute Gasteiger partial charge is 0.487 e. The number of likely N-dealkylation sites (N-methyl/N-ethyl adjacent to an activating group) is 1. The van der Waals surface area contributed by atoms with Crippen molar-refractivity contribution in [3.05, 3.63) is 71.4 Å². The molecule has 31 heavy (non-hydrogen) atoms. The molecule has 4 rings (SSSR count). The first-order valence-corrected chi connectivity index (χ1v) is 9.34. The van der Waals surface area contributed by atoms with Gasteiger partial charge in [0.2, 0.25) is 0 Å². The first-order valence-electron chi connectivity index (χ1n) is 9.34. The summed E-state index contributed by atoms with van der Waals surface area (Å²) in [4.78, 5) is 30.7. The van der Waals surface area contributed by atoms with E-state index in [0.29, 0.717) is 17.1 Å². The number of pyridine rings is 1. The molecule has 156 valence electrons. The highest BCUT2D eigenvalue weighted by Crippen LogP contribution is 2.27. The molecule has 1 aromatic carbocycles. The van der Waals surface area contributed by atoms with E-state index in [9.17, 15) is 14.0 Å². The third-order valence-corrected chi connectivity index (χ3v) is 4.74. The minimum absolute atomic E-state index is 0.128. The number of carbonyl (C=O) groups excluding carboxylic acids is 2. The molecule has 1 atom stereocenters. The molecule has 0 bridgehead atoms. The van der Waals surface area contributed by atoms with E-state index in [1.165, 1.54) is 22.8 Å². The molecule has 3 aromatic rings. The van der Waals surface area contributed by atoms with E-state index in [2.05, 4.69) is 15.4 Å². The molecule has 0 spiro atoms. The number of rotatable bonds is 4. The fourth-order valence-electron chi connectivity index (χ4n) is 3.22. The molecule has 0 aliphatic carbocycles. The van der Waals surface area contributed by atoms with Crippen molar-refractivity contribution in [2.24, 2.45) is 0 Å². The summed E-state index contributed by atoms with van der Waals surface area (Å²) >= 11 is 0. The Morgan fingerprint density at radius 2 is 2.23 bits per heavy atom. The van der Waals surface area contributed by atoms with Crippen molar-refractivity contribution in [2.45, 2.75) is 12.6 Å². The molecule has 0 saturated heterocycles. The Kier molecular flexibility index (Phi) is 5.32. The lowest BCUT2D eigenvalue weighted by Gasteiger charge is -2.19. The predicted molar refractivity (Wildman–Crippen MR) is 107 cm³/mol. The Morgan fingerprint density at radius 3 is 3.03 bits per heavy atom. The first-order chi connectivity index (χ1) is 15.0. The van der Waals surface area contributed by atoms with Gasteiger partial charge >= 0.3 is 0 Å². The lowest BCUT2D eigenvalue weighted by atomic mass is 10.1. The van der Waals surface area contributed by atoms with Gasteiger partial charge in [0.05, 0.1) is 24.4 Å². The van der Waals surface area contributed by atoms with Crippen LogP contribution in [0.3, 0.4) is 0 Å². The Morgan fingerprint density at radius 1 is 1.39 bits per heavy atom. The van der Waals surface area contributed by atoms with E-state index in [1.807, 2.05) is 6.07 Å². The fraction of sp³-hybridized carbons (Fsp3) is 0.190. The third kappa shape index (κ3) is 4.06. The highest BCUT2D eigenvalue weighted by Gasteiger charge is 2.32. The van der Waals surface area contributed by atoms with Gasteiger partial charge in [-0.1, -0.05) is 12.1 Å². The second-order valence-electron chi connectivity index (χ2n) is 6.89. The zero-order valence-electron chi connectivity index (χ0n) is 16.4. The summed E-state index contributed by atoms with van der Waals surface area (Å²) in [5.41, 5.74) is 0.758. The van der Waals surface area contributed by atoms with Gasteiger partial charge in [0.25, 0.3) is 11.8 Å². The van der Waals surface area contributed by atoms with Crippen LogP contribution in [0.2, 0.25) is 0 Å². The molecule has 1 N–H and O–H groups in total. The van der Waals surface area contributed by atoms with Crippen molar-refractivity contribution in [1.29, 1.82) is 5.26 Å². The molecular weight excluding hydrogens is 403 g/mol. The first kappa shape index (κ1) is 20.0. The second-order valence-corrected chi connectivity index (χ2v) is 6.89. The lowest BCUT2D eigenvalue weighted by molar-refractivity contribution is -0.120. The average molecular weight is 420 g/mol. The highest BCUT2D eigenvalue weighted by atomic mass is 19.1. The minimum Gasteiger partial charge on any atom is -0.487 e. The van der Waals surface area contributed by atoms with E-state index in [1.54, 1.807) is 36.4 Å². The van der Waals surface area contributed by atoms with Gasteiger partial charge in [0, 0.05) is 13.2 Å². The standard InChI is InChI=1S/C21H17FN6O3/c1-27-19-17(6-3-7-24-19)31-12-16(21(27)30)25-20(29)18-15(22)11-28(26-18)10-14-5-2-4-13(8-14)9-23/h2-8,11,16H,10,12H2,1H3,(H,25,29). The number of ether oxygens (including phenoxy) is 1. The second kappa shape index (κ2) is 8.23. The molecule has 2 amide bonds. The van der Waals surface area contributed by atoms with Crippen LogP contribution in [0.4, 0.5) is 10.2 Å². The predicted octanol–water partition coefficient (Wildman–Crippen LogP) is 1.49. The summed E-state index contributed by atoms with van der Waals surface area (Å²) in [5.74, 6) is -1.37. The lowest BCUT2D eigenvalue weighted by Crippen LogP contribution is -2.49.